The second-order valence-corrected chi connectivity index (χ2v) is 7.15. The maximum atomic E-state index is 12.3. The van der Waals surface area contributed by atoms with Crippen LogP contribution in [0.4, 0.5) is 0 Å². The van der Waals surface area contributed by atoms with Gasteiger partial charge in [-0.1, -0.05) is 0 Å². The molecule has 0 bridgehead atoms. The Morgan fingerprint density at radius 2 is 2.24 bits per heavy atom. The summed E-state index contributed by atoms with van der Waals surface area (Å²) in [5.41, 5.74) is 2.29. The molecule has 1 aliphatic rings. The summed E-state index contributed by atoms with van der Waals surface area (Å²) in [5.74, 6) is 1.50. The molecule has 1 unspecified atom stereocenters. The molecule has 0 aromatic carbocycles. The van der Waals surface area contributed by atoms with Gasteiger partial charge in [-0.3, -0.25) is 9.48 Å². The third kappa shape index (κ3) is 3.79. The first-order valence-corrected chi connectivity index (χ1v) is 8.97. The Bertz CT molecular complexity index is 707. The van der Waals surface area contributed by atoms with Crippen LogP contribution in [0.2, 0.25) is 0 Å². The molecule has 0 radical (unpaired) electrons. The van der Waals surface area contributed by atoms with Gasteiger partial charge in [0.2, 0.25) is 5.91 Å². The van der Waals surface area contributed by atoms with Gasteiger partial charge >= 0.3 is 0 Å². The summed E-state index contributed by atoms with van der Waals surface area (Å²) in [4.78, 5) is 14.1. The van der Waals surface area contributed by atoms with Crippen LogP contribution in [0.3, 0.4) is 0 Å². The van der Waals surface area contributed by atoms with Crippen LogP contribution in [0.5, 0.6) is 0 Å². The maximum absolute atomic E-state index is 12.3. The van der Waals surface area contributed by atoms with E-state index in [-0.39, 0.29) is 17.9 Å². The first-order valence-electron chi connectivity index (χ1n) is 8.97. The molecule has 1 saturated heterocycles. The smallest absolute Gasteiger partial charge is 0.223 e. The number of hydrogen-bond acceptors (Lipinski definition) is 4. The van der Waals surface area contributed by atoms with Crippen LogP contribution in [0.1, 0.15) is 42.8 Å². The summed E-state index contributed by atoms with van der Waals surface area (Å²) in [6, 6.07) is 4.42. The van der Waals surface area contributed by atoms with Crippen molar-refractivity contribution < 1.29 is 9.21 Å². The minimum Gasteiger partial charge on any atom is -0.469 e. The molecule has 0 spiro atoms. The molecule has 0 saturated carbocycles. The molecular formula is C19H28N4O2. The summed E-state index contributed by atoms with van der Waals surface area (Å²) < 4.78 is 7.27. The predicted molar refractivity (Wildman–Crippen MR) is 96.1 cm³/mol. The molecule has 1 fully saturated rings. The van der Waals surface area contributed by atoms with Crippen molar-refractivity contribution in [2.75, 3.05) is 13.6 Å². The van der Waals surface area contributed by atoms with Crippen LogP contribution in [0, 0.1) is 12.8 Å². The molecule has 25 heavy (non-hydrogen) atoms. The van der Waals surface area contributed by atoms with Crippen LogP contribution in [0.25, 0.3) is 0 Å². The van der Waals surface area contributed by atoms with Crippen LogP contribution in [-0.4, -0.2) is 40.2 Å². The maximum Gasteiger partial charge on any atom is 0.223 e. The number of rotatable bonds is 7. The Morgan fingerprint density at radius 3 is 2.88 bits per heavy atom. The summed E-state index contributed by atoms with van der Waals surface area (Å²) in [5, 5.41) is 7.96. The average molecular weight is 344 g/mol. The Kier molecular flexibility index (Phi) is 5.27. The van der Waals surface area contributed by atoms with E-state index in [9.17, 15) is 4.79 Å². The summed E-state index contributed by atoms with van der Waals surface area (Å²) in [6.45, 7) is 5.08. The van der Waals surface area contributed by atoms with Gasteiger partial charge in [-0.15, -0.1) is 0 Å². The molecule has 0 aliphatic carbocycles. The van der Waals surface area contributed by atoms with Gasteiger partial charge in [0.05, 0.1) is 18.5 Å². The lowest BCUT2D eigenvalue weighted by atomic mass is 9.93. The van der Waals surface area contributed by atoms with Gasteiger partial charge in [0, 0.05) is 56.7 Å². The van der Waals surface area contributed by atoms with Crippen LogP contribution in [0.15, 0.2) is 29.0 Å². The van der Waals surface area contributed by atoms with Gasteiger partial charge in [0.15, 0.2) is 0 Å². The number of carbonyl (C=O) groups excluding carboxylic acids is 1. The van der Waals surface area contributed by atoms with Crippen LogP contribution >= 0.6 is 0 Å². The van der Waals surface area contributed by atoms with E-state index in [0.717, 1.165) is 36.4 Å². The fourth-order valence-electron chi connectivity index (χ4n) is 3.67. The third-order valence-electron chi connectivity index (χ3n) is 5.42. The van der Waals surface area contributed by atoms with Crippen LogP contribution < -0.4 is 5.32 Å². The number of hydrogen-bond donors (Lipinski definition) is 1. The number of aromatic nitrogens is 2. The van der Waals surface area contributed by atoms with Gasteiger partial charge in [-0.25, -0.2) is 0 Å². The van der Waals surface area contributed by atoms with Gasteiger partial charge < -0.3 is 14.6 Å². The van der Waals surface area contributed by atoms with Crippen molar-refractivity contribution in [2.24, 2.45) is 13.0 Å². The van der Waals surface area contributed by atoms with E-state index in [1.807, 2.05) is 42.0 Å². The molecular weight excluding hydrogens is 316 g/mol. The fraction of sp³-hybridized carbons (Fsp3) is 0.579. The van der Waals surface area contributed by atoms with E-state index in [2.05, 4.69) is 24.3 Å². The number of aryl methyl sites for hydroxylation is 2. The molecule has 3 rings (SSSR count). The lowest BCUT2D eigenvalue weighted by Gasteiger charge is -2.26. The second-order valence-electron chi connectivity index (χ2n) is 7.15. The van der Waals surface area contributed by atoms with Crippen molar-refractivity contribution in [3.8, 4) is 0 Å². The fourth-order valence-corrected chi connectivity index (χ4v) is 3.67. The van der Waals surface area contributed by atoms with Crippen LogP contribution in [-0.2, 0) is 18.3 Å². The van der Waals surface area contributed by atoms with Gasteiger partial charge in [0.1, 0.15) is 5.76 Å². The second kappa shape index (κ2) is 7.44. The summed E-state index contributed by atoms with van der Waals surface area (Å²) >= 11 is 0. The molecule has 2 aromatic rings. The number of likely N-dealkylation sites (tertiary alicyclic amines) is 1. The Morgan fingerprint density at radius 1 is 1.44 bits per heavy atom. The largest absolute Gasteiger partial charge is 0.469 e. The molecule has 6 heteroatoms. The Hall–Kier alpha value is -2.08. The highest BCUT2D eigenvalue weighted by molar-refractivity contribution is 5.79. The number of furan rings is 1. The Labute approximate surface area is 149 Å². The number of amides is 1. The van der Waals surface area contributed by atoms with E-state index < -0.39 is 0 Å². The zero-order valence-corrected chi connectivity index (χ0v) is 15.5. The molecule has 1 N–H and O–H groups in total. The predicted octanol–water partition coefficient (Wildman–Crippen LogP) is 2.45. The van der Waals surface area contributed by atoms with E-state index in [1.54, 1.807) is 6.26 Å². The lowest BCUT2D eigenvalue weighted by Crippen LogP contribution is -2.34. The van der Waals surface area contributed by atoms with Crippen molar-refractivity contribution >= 4 is 5.91 Å². The van der Waals surface area contributed by atoms with E-state index in [4.69, 9.17) is 4.42 Å². The molecule has 3 heterocycles. The van der Waals surface area contributed by atoms with Crippen molar-refractivity contribution in [3.05, 3.63) is 41.6 Å². The van der Waals surface area contributed by atoms with Crippen molar-refractivity contribution in [3.63, 3.8) is 0 Å². The monoisotopic (exact) mass is 344 g/mol. The highest BCUT2D eigenvalue weighted by Gasteiger charge is 2.39. The molecule has 6 nitrogen and oxygen atoms in total. The van der Waals surface area contributed by atoms with Crippen molar-refractivity contribution in [1.82, 2.24) is 20.0 Å². The summed E-state index contributed by atoms with van der Waals surface area (Å²) in [7, 11) is 3.85. The minimum atomic E-state index is 0.103. The van der Waals surface area contributed by atoms with Crippen molar-refractivity contribution in [1.29, 1.82) is 0 Å². The molecule has 3 atom stereocenters. The topological polar surface area (TPSA) is 63.3 Å². The van der Waals surface area contributed by atoms with E-state index in [0.29, 0.717) is 12.5 Å². The van der Waals surface area contributed by atoms with Gasteiger partial charge in [-0.2, -0.15) is 5.10 Å². The zero-order chi connectivity index (χ0) is 18.0. The first-order chi connectivity index (χ1) is 12.0. The lowest BCUT2D eigenvalue weighted by molar-refractivity contribution is -0.127. The van der Waals surface area contributed by atoms with Gasteiger partial charge in [-0.05, 0) is 32.4 Å². The standard InChI is InChI=1S/C19H28N4O2/c1-13(7-8-16-6-5-9-25-16)20-11-15-10-18(24)22(3)19(15)17-12-21-23(4)14(17)2/h5-6,9,12-13,15,19-20H,7-8,10-11H2,1-4H3/t13?,15-,19+/m0/s1. The third-order valence-corrected chi connectivity index (χ3v) is 5.42. The highest BCUT2D eigenvalue weighted by atomic mass is 16.3. The SMILES string of the molecule is Cc1c([C@H]2[C@H](CNC(C)CCc3ccco3)CC(=O)N2C)cnn1C. The first kappa shape index (κ1) is 17.7. The molecule has 136 valence electrons. The number of carbonyl (C=O) groups is 1. The normalized spacial score (nSPS) is 21.9. The minimum absolute atomic E-state index is 0.103. The van der Waals surface area contributed by atoms with Gasteiger partial charge in [0.25, 0.3) is 0 Å². The molecule has 1 amide bonds. The Balaban J connectivity index is 1.60. The quantitative estimate of drug-likeness (QED) is 0.838. The number of nitrogens with one attached hydrogen (secondary N) is 1. The van der Waals surface area contributed by atoms with E-state index in [1.165, 1.54) is 0 Å². The van der Waals surface area contributed by atoms with Crippen molar-refractivity contribution in [2.45, 2.75) is 45.2 Å². The molecule has 2 aromatic heterocycles. The number of nitrogens with zero attached hydrogens (tertiary/aromatic N) is 3. The average Bonchev–Trinajstić information content (AvgIpc) is 3.28. The highest BCUT2D eigenvalue weighted by Crippen LogP contribution is 2.37. The zero-order valence-electron chi connectivity index (χ0n) is 15.5. The van der Waals surface area contributed by atoms with E-state index >= 15 is 0 Å². The summed E-state index contributed by atoms with van der Waals surface area (Å²) in [6.07, 6.45) is 6.15. The molecule has 1 aliphatic heterocycles.